The average Bonchev–Trinajstić information content (AvgIpc) is 2.69. The van der Waals surface area contributed by atoms with Gasteiger partial charge in [0.25, 0.3) is 0 Å². The van der Waals surface area contributed by atoms with Crippen molar-refractivity contribution >= 4 is 5.97 Å². The van der Waals surface area contributed by atoms with E-state index in [2.05, 4.69) is 10.2 Å². The van der Waals surface area contributed by atoms with Crippen molar-refractivity contribution in [2.75, 3.05) is 7.11 Å². The molecule has 0 saturated carbocycles. The largest absolute Gasteiger partial charge is 0.469 e. The molecule has 0 radical (unpaired) electrons. The first kappa shape index (κ1) is 10.1. The Bertz CT molecular complexity index is 359. The van der Waals surface area contributed by atoms with Gasteiger partial charge in [-0.2, -0.15) is 0 Å². The molecule has 0 aliphatic carbocycles. The number of aryl methyl sites for hydroxylation is 2. The number of aromatic nitrogens is 3. The third-order valence-corrected chi connectivity index (χ3v) is 2.87. The Labute approximate surface area is 88.4 Å². The first-order valence-electron chi connectivity index (χ1n) is 5.25. The number of ether oxygens (including phenoxy) is 1. The van der Waals surface area contributed by atoms with Crippen LogP contribution in [-0.4, -0.2) is 27.8 Å². The van der Waals surface area contributed by atoms with Crippen molar-refractivity contribution in [1.82, 2.24) is 14.8 Å². The highest BCUT2D eigenvalue weighted by molar-refractivity contribution is 5.72. The summed E-state index contributed by atoms with van der Waals surface area (Å²) in [6.07, 6.45) is 2.47. The molecule has 0 spiro atoms. The number of hydrogen-bond acceptors (Lipinski definition) is 4. The van der Waals surface area contributed by atoms with Gasteiger partial charge in [0.2, 0.25) is 0 Å². The van der Waals surface area contributed by atoms with Crippen LogP contribution in [0.4, 0.5) is 0 Å². The van der Waals surface area contributed by atoms with Crippen molar-refractivity contribution in [2.45, 2.75) is 32.7 Å². The SMILES string of the molecule is CCc1nnc2n1C[C@H](C(=O)OC)CC2. The highest BCUT2D eigenvalue weighted by Gasteiger charge is 2.27. The molecule has 0 unspecified atom stereocenters. The Hall–Kier alpha value is -1.39. The molecule has 5 heteroatoms. The van der Waals surface area contributed by atoms with Gasteiger partial charge in [-0.05, 0) is 6.42 Å². The van der Waals surface area contributed by atoms with Crippen LogP contribution >= 0.6 is 0 Å². The maximum absolute atomic E-state index is 11.4. The predicted molar refractivity (Wildman–Crippen MR) is 53.2 cm³/mol. The Morgan fingerprint density at radius 2 is 2.40 bits per heavy atom. The summed E-state index contributed by atoms with van der Waals surface area (Å²) in [6, 6.07) is 0. The molecular formula is C10H15N3O2. The van der Waals surface area contributed by atoms with Crippen LogP contribution in [0.15, 0.2) is 0 Å². The molecule has 5 nitrogen and oxygen atoms in total. The van der Waals surface area contributed by atoms with Crippen molar-refractivity contribution < 1.29 is 9.53 Å². The molecule has 2 rings (SSSR count). The molecule has 1 aromatic rings. The lowest BCUT2D eigenvalue weighted by Crippen LogP contribution is -2.28. The second-order valence-electron chi connectivity index (χ2n) is 3.76. The summed E-state index contributed by atoms with van der Waals surface area (Å²) in [6.45, 7) is 2.71. The highest BCUT2D eigenvalue weighted by Crippen LogP contribution is 2.21. The lowest BCUT2D eigenvalue weighted by Gasteiger charge is -2.21. The zero-order valence-corrected chi connectivity index (χ0v) is 9.06. The van der Waals surface area contributed by atoms with Gasteiger partial charge in [0.15, 0.2) is 0 Å². The van der Waals surface area contributed by atoms with Gasteiger partial charge >= 0.3 is 5.97 Å². The number of fused-ring (bicyclic) bond motifs is 1. The van der Waals surface area contributed by atoms with E-state index in [1.54, 1.807) is 0 Å². The minimum Gasteiger partial charge on any atom is -0.469 e. The summed E-state index contributed by atoms with van der Waals surface area (Å²) in [4.78, 5) is 11.4. The van der Waals surface area contributed by atoms with Gasteiger partial charge in [-0.1, -0.05) is 6.92 Å². The van der Waals surface area contributed by atoms with Crippen LogP contribution in [0.25, 0.3) is 0 Å². The van der Waals surface area contributed by atoms with Crippen LogP contribution < -0.4 is 0 Å². The van der Waals surface area contributed by atoms with Gasteiger partial charge in [-0.25, -0.2) is 0 Å². The summed E-state index contributed by atoms with van der Waals surface area (Å²) in [5.41, 5.74) is 0. The molecule has 1 atom stereocenters. The van der Waals surface area contributed by atoms with Crippen molar-refractivity contribution in [2.24, 2.45) is 5.92 Å². The second-order valence-corrected chi connectivity index (χ2v) is 3.76. The van der Waals surface area contributed by atoms with Gasteiger partial charge < -0.3 is 9.30 Å². The average molecular weight is 209 g/mol. The summed E-state index contributed by atoms with van der Waals surface area (Å²) >= 11 is 0. The summed E-state index contributed by atoms with van der Waals surface area (Å²) in [5, 5.41) is 8.20. The normalized spacial score (nSPS) is 19.7. The van der Waals surface area contributed by atoms with E-state index in [0.29, 0.717) is 6.54 Å². The van der Waals surface area contributed by atoms with Gasteiger partial charge in [0.1, 0.15) is 11.6 Å². The van der Waals surface area contributed by atoms with Crippen LogP contribution in [0.2, 0.25) is 0 Å². The molecule has 2 heterocycles. The fraction of sp³-hybridized carbons (Fsp3) is 0.700. The molecule has 0 aromatic carbocycles. The number of nitrogens with zero attached hydrogens (tertiary/aromatic N) is 3. The van der Waals surface area contributed by atoms with Gasteiger partial charge in [-0.3, -0.25) is 4.79 Å². The van der Waals surface area contributed by atoms with E-state index in [9.17, 15) is 4.79 Å². The maximum Gasteiger partial charge on any atom is 0.310 e. The molecule has 1 aromatic heterocycles. The number of methoxy groups -OCH3 is 1. The minimum atomic E-state index is -0.128. The maximum atomic E-state index is 11.4. The second kappa shape index (κ2) is 4.00. The van der Waals surface area contributed by atoms with E-state index >= 15 is 0 Å². The summed E-state index contributed by atoms with van der Waals surface area (Å²) in [5.74, 6) is 1.78. The van der Waals surface area contributed by atoms with Gasteiger partial charge in [0.05, 0.1) is 13.0 Å². The van der Waals surface area contributed by atoms with E-state index < -0.39 is 0 Å². The smallest absolute Gasteiger partial charge is 0.310 e. The molecule has 0 saturated heterocycles. The molecule has 0 N–H and O–H groups in total. The van der Waals surface area contributed by atoms with Gasteiger partial charge in [-0.15, -0.1) is 10.2 Å². The standard InChI is InChI=1S/C10H15N3O2/c1-3-8-11-12-9-5-4-7(6-13(8)9)10(14)15-2/h7H,3-6H2,1-2H3/t7-/m1/s1. The third-order valence-electron chi connectivity index (χ3n) is 2.87. The zero-order valence-electron chi connectivity index (χ0n) is 9.06. The quantitative estimate of drug-likeness (QED) is 0.668. The van der Waals surface area contributed by atoms with Crippen LogP contribution in [0.5, 0.6) is 0 Å². The van der Waals surface area contributed by atoms with E-state index in [-0.39, 0.29) is 11.9 Å². The fourth-order valence-electron chi connectivity index (χ4n) is 2.00. The first-order valence-corrected chi connectivity index (χ1v) is 5.25. The third kappa shape index (κ3) is 1.73. The van der Waals surface area contributed by atoms with Crippen LogP contribution in [0.1, 0.15) is 25.0 Å². The molecular weight excluding hydrogens is 194 g/mol. The van der Waals surface area contributed by atoms with E-state index in [1.165, 1.54) is 7.11 Å². The lowest BCUT2D eigenvalue weighted by atomic mass is 9.99. The van der Waals surface area contributed by atoms with Crippen LogP contribution in [0.3, 0.4) is 0 Å². The molecule has 1 aliphatic rings. The number of hydrogen-bond donors (Lipinski definition) is 0. The van der Waals surface area contributed by atoms with Crippen LogP contribution in [0, 0.1) is 5.92 Å². The number of carbonyl (C=O) groups is 1. The molecule has 1 aliphatic heterocycles. The summed E-state index contributed by atoms with van der Waals surface area (Å²) < 4.78 is 6.81. The monoisotopic (exact) mass is 209 g/mol. The first-order chi connectivity index (χ1) is 7.26. The summed E-state index contributed by atoms with van der Waals surface area (Å²) in [7, 11) is 1.44. The molecule has 15 heavy (non-hydrogen) atoms. The van der Waals surface area contributed by atoms with E-state index in [4.69, 9.17) is 4.74 Å². The number of rotatable bonds is 2. The molecule has 0 bridgehead atoms. The van der Waals surface area contributed by atoms with E-state index in [0.717, 1.165) is 30.9 Å². The van der Waals surface area contributed by atoms with Gasteiger partial charge in [0, 0.05) is 19.4 Å². The van der Waals surface area contributed by atoms with Crippen molar-refractivity contribution in [3.05, 3.63) is 11.6 Å². The molecule has 0 fully saturated rings. The van der Waals surface area contributed by atoms with Crippen molar-refractivity contribution in [3.63, 3.8) is 0 Å². The Morgan fingerprint density at radius 1 is 1.60 bits per heavy atom. The Morgan fingerprint density at radius 3 is 3.07 bits per heavy atom. The zero-order chi connectivity index (χ0) is 10.8. The fourth-order valence-corrected chi connectivity index (χ4v) is 2.00. The number of esters is 1. The number of carbonyl (C=O) groups excluding carboxylic acids is 1. The lowest BCUT2D eigenvalue weighted by molar-refractivity contribution is -0.146. The molecule has 0 amide bonds. The predicted octanol–water partition coefficient (Wildman–Crippen LogP) is 0.576. The van der Waals surface area contributed by atoms with E-state index in [1.807, 2.05) is 11.5 Å². The topological polar surface area (TPSA) is 57.0 Å². The Balaban J connectivity index is 2.20. The highest BCUT2D eigenvalue weighted by atomic mass is 16.5. The van der Waals surface area contributed by atoms with Crippen LogP contribution in [-0.2, 0) is 28.9 Å². The molecule has 82 valence electrons. The van der Waals surface area contributed by atoms with Crippen molar-refractivity contribution in [3.8, 4) is 0 Å². The minimum absolute atomic E-state index is 0.0381. The Kier molecular flexibility index (Phi) is 2.70. The van der Waals surface area contributed by atoms with Crippen molar-refractivity contribution in [1.29, 1.82) is 0 Å².